The predicted molar refractivity (Wildman–Crippen MR) is 339 cm³/mol. The highest BCUT2D eigenvalue weighted by Gasteiger charge is 2.55. The Morgan fingerprint density at radius 1 is 0.368 bits per heavy atom. The van der Waals surface area contributed by atoms with Gasteiger partial charge in [0.2, 0.25) is 5.82 Å². The van der Waals surface area contributed by atoms with Gasteiger partial charge in [-0.15, -0.1) is 4.98 Å². The fraction of sp³-hybridized carbons (Fsp3) is 0.0676. The van der Waals surface area contributed by atoms with Crippen LogP contribution >= 0.6 is 0 Å². The molecule has 0 amide bonds. The van der Waals surface area contributed by atoms with Crippen molar-refractivity contribution in [1.82, 2.24) is 48.2 Å². The van der Waals surface area contributed by atoms with E-state index in [1.807, 2.05) is 114 Å². The van der Waals surface area contributed by atoms with Crippen LogP contribution in [0, 0.1) is 0 Å². The van der Waals surface area contributed by atoms with Crippen LogP contribution in [-0.2, 0) is 11.0 Å². The standard InChI is InChI=1S/C74H46N11O2/c1-73(2)61-50(37-39-58-60(61)49-24-12-16-28-56(49)81(58)67-48-23-10-13-25-52(48)75-64(79-67)42-18-6-4-7-19-42)68(86)84-59-40-45(34-38-54(59)76-70(73)84)41-30-32-43(33-31-41)65-78-66(44-20-8-5-9-21-44)85-72(80-65)82-55-27-15-11-22-46(55)47-35-36-51-62(63(47)82)74(85,3)71-77-53-26-14-17-29-57(53)83(71)69(51)87/h4-40H,1-3H3/q+1. The second kappa shape index (κ2) is 16.8. The van der Waals surface area contributed by atoms with E-state index < -0.39 is 11.0 Å². The maximum Gasteiger partial charge on any atom is 0.364 e. The second-order valence-electron chi connectivity index (χ2n) is 23.7. The summed E-state index contributed by atoms with van der Waals surface area (Å²) in [7, 11) is 0. The van der Waals surface area contributed by atoms with Gasteiger partial charge in [-0.05, 0) is 128 Å². The van der Waals surface area contributed by atoms with E-state index in [0.29, 0.717) is 46.2 Å². The maximum absolute atomic E-state index is 15.4. The van der Waals surface area contributed by atoms with Crippen molar-refractivity contribution in [3.8, 4) is 57.1 Å². The molecule has 0 bridgehead atoms. The van der Waals surface area contributed by atoms with Gasteiger partial charge >= 0.3 is 5.95 Å². The topological polar surface area (TPSA) is 135 Å². The van der Waals surface area contributed by atoms with Gasteiger partial charge in [-0.3, -0.25) is 23.3 Å². The van der Waals surface area contributed by atoms with Gasteiger partial charge in [-0.25, -0.2) is 29.1 Å². The van der Waals surface area contributed by atoms with Gasteiger partial charge < -0.3 is 0 Å². The molecule has 3 aliphatic heterocycles. The quantitative estimate of drug-likeness (QED) is 0.156. The van der Waals surface area contributed by atoms with Crippen molar-refractivity contribution in [1.29, 1.82) is 0 Å². The Kier molecular flexibility index (Phi) is 9.26. The van der Waals surface area contributed by atoms with Gasteiger partial charge in [0.25, 0.3) is 17.6 Å². The van der Waals surface area contributed by atoms with E-state index in [0.717, 1.165) is 121 Å². The predicted octanol–water partition coefficient (Wildman–Crippen LogP) is 14.7. The lowest BCUT2D eigenvalue weighted by Crippen LogP contribution is -2.65. The van der Waals surface area contributed by atoms with Crippen molar-refractivity contribution in [3.63, 3.8) is 0 Å². The molecule has 0 aliphatic carbocycles. The number of aromatic nitrogens is 11. The Hall–Kier alpha value is -11.6. The van der Waals surface area contributed by atoms with Crippen LogP contribution in [0.4, 0.5) is 0 Å². The summed E-state index contributed by atoms with van der Waals surface area (Å²) in [6, 6.07) is 75.8. The highest BCUT2D eigenvalue weighted by Crippen LogP contribution is 2.50. The molecule has 0 saturated heterocycles. The van der Waals surface area contributed by atoms with Gasteiger partial charge in [0.05, 0.1) is 44.2 Å². The van der Waals surface area contributed by atoms with E-state index in [1.54, 1.807) is 4.57 Å². The van der Waals surface area contributed by atoms with Crippen LogP contribution in [0.3, 0.4) is 0 Å². The van der Waals surface area contributed by atoms with Crippen LogP contribution in [-0.4, -0.2) is 60.0 Å². The summed E-state index contributed by atoms with van der Waals surface area (Å²) in [4.78, 5) is 62.5. The van der Waals surface area contributed by atoms with Crippen molar-refractivity contribution in [2.45, 2.75) is 31.7 Å². The van der Waals surface area contributed by atoms with Crippen molar-refractivity contribution in [2.24, 2.45) is 0 Å². The highest BCUT2D eigenvalue weighted by molar-refractivity contribution is 6.18. The zero-order valence-electron chi connectivity index (χ0n) is 47.1. The molecule has 13 heteroatoms. The number of para-hydroxylation sites is 5. The molecule has 1 unspecified atom stereocenters. The lowest BCUT2D eigenvalue weighted by atomic mass is 9.76. The number of carbonyl (C=O) groups is 2. The van der Waals surface area contributed by atoms with Gasteiger partial charge in [0, 0.05) is 60.2 Å². The first-order valence-electron chi connectivity index (χ1n) is 29.2. The summed E-state index contributed by atoms with van der Waals surface area (Å²) in [5.74, 6) is 4.32. The molecule has 3 aliphatic rings. The molecule has 16 aromatic rings. The van der Waals surface area contributed by atoms with Crippen LogP contribution in [0.1, 0.15) is 64.3 Å². The van der Waals surface area contributed by atoms with E-state index >= 15 is 4.79 Å². The minimum Gasteiger partial charge on any atom is -0.293 e. The molecule has 10 aromatic carbocycles. The Morgan fingerprint density at radius 3 is 1.70 bits per heavy atom. The minimum atomic E-state index is -1.03. The Balaban J connectivity index is 0.751. The van der Waals surface area contributed by atoms with Crippen LogP contribution in [0.5, 0.6) is 0 Å². The first-order chi connectivity index (χ1) is 42.6. The van der Waals surface area contributed by atoms with E-state index in [4.69, 9.17) is 29.9 Å². The molecule has 0 fully saturated rings. The molecule has 0 N–H and O–H groups in total. The average molecular weight is 1120 g/mol. The molecule has 0 saturated carbocycles. The third-order valence-corrected chi connectivity index (χ3v) is 18.7. The Morgan fingerprint density at radius 2 is 0.931 bits per heavy atom. The summed E-state index contributed by atoms with van der Waals surface area (Å²) in [5, 5.41) is 5.03. The third kappa shape index (κ3) is 6.18. The fourth-order valence-corrected chi connectivity index (χ4v) is 14.8. The normalized spacial score (nSPS) is 15.5. The summed E-state index contributed by atoms with van der Waals surface area (Å²) >= 11 is 0. The molecule has 1 atom stereocenters. The van der Waals surface area contributed by atoms with Gasteiger partial charge in [0.15, 0.2) is 17.2 Å². The molecule has 9 heterocycles. The monoisotopic (exact) mass is 1120 g/mol. The maximum atomic E-state index is 15.4. The van der Waals surface area contributed by atoms with Crippen molar-refractivity contribution in [2.75, 3.05) is 0 Å². The second-order valence-corrected chi connectivity index (χ2v) is 23.7. The third-order valence-electron chi connectivity index (χ3n) is 18.7. The van der Waals surface area contributed by atoms with Crippen molar-refractivity contribution >= 4 is 88.4 Å². The van der Waals surface area contributed by atoms with Crippen molar-refractivity contribution in [3.05, 3.63) is 258 Å². The average Bonchev–Trinajstić information content (AvgIpc) is 1.61. The first-order valence-corrected chi connectivity index (χ1v) is 29.2. The molecule has 0 radical (unpaired) electrons. The molecule has 87 heavy (non-hydrogen) atoms. The van der Waals surface area contributed by atoms with Gasteiger partial charge in [-0.1, -0.05) is 138 Å². The number of fused-ring (bicyclic) bond motifs is 19. The molecule has 19 rings (SSSR count). The molecule has 6 aromatic heterocycles. The number of hydrogen-bond donors (Lipinski definition) is 0. The summed E-state index contributed by atoms with van der Waals surface area (Å²) < 4.78 is 10.3. The molecule has 13 nitrogen and oxygen atoms in total. The summed E-state index contributed by atoms with van der Waals surface area (Å²) in [6.07, 6.45) is 0. The van der Waals surface area contributed by atoms with Gasteiger partial charge in [-0.2, -0.15) is 0 Å². The zero-order valence-corrected chi connectivity index (χ0v) is 47.1. The molecular formula is C74H46N11O2+. The molecule has 0 spiro atoms. The fourth-order valence-electron chi connectivity index (χ4n) is 14.8. The van der Waals surface area contributed by atoms with Crippen LogP contribution in [0.25, 0.3) is 134 Å². The molecular weight excluding hydrogens is 1070 g/mol. The number of carbonyl (C=O) groups excluding carboxylic acids is 2. The van der Waals surface area contributed by atoms with E-state index in [9.17, 15) is 4.79 Å². The van der Waals surface area contributed by atoms with Crippen LogP contribution in [0.15, 0.2) is 224 Å². The summed E-state index contributed by atoms with van der Waals surface area (Å²) in [5.41, 5.74) is 13.4. The highest BCUT2D eigenvalue weighted by atomic mass is 16.2. The van der Waals surface area contributed by atoms with Gasteiger partial charge in [0.1, 0.15) is 22.7 Å². The lowest BCUT2D eigenvalue weighted by molar-refractivity contribution is -0.732. The Labute approximate surface area is 495 Å². The van der Waals surface area contributed by atoms with E-state index in [1.165, 1.54) is 0 Å². The van der Waals surface area contributed by atoms with E-state index in [-0.39, 0.29) is 11.8 Å². The number of hydrogen-bond acceptors (Lipinski definition) is 8. The smallest absolute Gasteiger partial charge is 0.293 e. The van der Waals surface area contributed by atoms with E-state index in [2.05, 4.69) is 150 Å². The number of nitrogens with zero attached hydrogens (tertiary/aromatic N) is 11. The molecule has 408 valence electrons. The van der Waals surface area contributed by atoms with Crippen molar-refractivity contribution < 1.29 is 14.2 Å². The number of benzene rings is 10. The minimum absolute atomic E-state index is 0.116. The number of imidazole rings is 2. The summed E-state index contributed by atoms with van der Waals surface area (Å²) in [6.45, 7) is 6.53. The first kappa shape index (κ1) is 47.9. The zero-order chi connectivity index (χ0) is 57.8. The largest absolute Gasteiger partial charge is 0.364 e. The van der Waals surface area contributed by atoms with Crippen LogP contribution < -0.4 is 4.57 Å². The number of rotatable bonds is 5. The lowest BCUT2D eigenvalue weighted by Gasteiger charge is -2.38. The SMILES string of the molecule is CC1(C)c2c(ccc3c2c2ccccc2n3-c2nc(-c3ccccc3)nc3ccccc23)C(=O)n2c1nc1ccc(-c3ccc(-c4nc(-c5ccccc5)[n+]5c(n4)-n4c6ccccc6c6ccc7c(c64)C5(C)c4nc5ccccc5n4C7=O)cc3)cc12. The Bertz CT molecular complexity index is 5790. The van der Waals surface area contributed by atoms with Crippen LogP contribution in [0.2, 0.25) is 0 Å².